The lowest BCUT2D eigenvalue weighted by atomic mass is 10.3. The highest BCUT2D eigenvalue weighted by Gasteiger charge is 2.18. The molecule has 1 N–H and O–H groups in total. The van der Waals surface area contributed by atoms with E-state index in [4.69, 9.17) is 4.42 Å². The van der Waals surface area contributed by atoms with Crippen LogP contribution < -0.4 is 16.5 Å². The minimum absolute atomic E-state index is 0.0188. The molecular formula is C19H16N4O3. The van der Waals surface area contributed by atoms with Crippen molar-refractivity contribution in [2.75, 3.05) is 5.32 Å². The van der Waals surface area contributed by atoms with Gasteiger partial charge in [-0.25, -0.2) is 14.5 Å². The van der Waals surface area contributed by atoms with E-state index in [1.807, 2.05) is 30.3 Å². The molecule has 0 aliphatic carbocycles. The molecule has 2 aromatic heterocycles. The lowest BCUT2D eigenvalue weighted by molar-refractivity contribution is 0.558. The monoisotopic (exact) mass is 348 g/mol. The number of nitrogens with zero attached hydrogens (tertiary/aromatic N) is 3. The van der Waals surface area contributed by atoms with Crippen LogP contribution in [-0.4, -0.2) is 14.3 Å². The van der Waals surface area contributed by atoms with Crippen molar-refractivity contribution in [3.8, 4) is 5.69 Å². The van der Waals surface area contributed by atoms with E-state index in [-0.39, 0.29) is 17.1 Å². The highest BCUT2D eigenvalue weighted by Crippen LogP contribution is 2.18. The Morgan fingerprint density at radius 3 is 2.46 bits per heavy atom. The molecule has 0 aliphatic rings. The molecule has 0 unspecified atom stereocenters. The molecule has 0 saturated heterocycles. The Hall–Kier alpha value is -3.61. The maximum absolute atomic E-state index is 12.9. The van der Waals surface area contributed by atoms with Gasteiger partial charge in [0.25, 0.3) is 5.56 Å². The van der Waals surface area contributed by atoms with Gasteiger partial charge in [-0.15, -0.1) is 0 Å². The Morgan fingerprint density at radius 1 is 1.00 bits per heavy atom. The van der Waals surface area contributed by atoms with Gasteiger partial charge in [-0.2, -0.15) is 0 Å². The third kappa shape index (κ3) is 2.50. The molecule has 4 aromatic rings. The minimum atomic E-state index is -0.627. The lowest BCUT2D eigenvalue weighted by Gasteiger charge is -2.07. The molecule has 0 fully saturated rings. The van der Waals surface area contributed by atoms with Gasteiger partial charge >= 0.3 is 5.63 Å². The van der Waals surface area contributed by atoms with Crippen molar-refractivity contribution in [2.24, 2.45) is 7.05 Å². The summed E-state index contributed by atoms with van der Waals surface area (Å²) in [5.74, 6) is -0.0188. The van der Waals surface area contributed by atoms with Crippen molar-refractivity contribution in [3.63, 3.8) is 0 Å². The van der Waals surface area contributed by atoms with E-state index in [0.717, 1.165) is 5.69 Å². The van der Waals surface area contributed by atoms with Crippen LogP contribution >= 0.6 is 0 Å². The summed E-state index contributed by atoms with van der Waals surface area (Å²) in [6.07, 6.45) is 0. The Kier molecular flexibility index (Phi) is 3.69. The van der Waals surface area contributed by atoms with Crippen molar-refractivity contribution >= 4 is 22.6 Å². The fourth-order valence-electron chi connectivity index (χ4n) is 2.86. The van der Waals surface area contributed by atoms with Gasteiger partial charge in [-0.3, -0.25) is 9.48 Å². The highest BCUT2D eigenvalue weighted by molar-refractivity contribution is 5.74. The van der Waals surface area contributed by atoms with E-state index in [2.05, 4.69) is 10.3 Å². The zero-order chi connectivity index (χ0) is 18.3. The van der Waals surface area contributed by atoms with Gasteiger partial charge in [0, 0.05) is 7.05 Å². The Balaban J connectivity index is 1.84. The first-order chi connectivity index (χ1) is 12.6. The van der Waals surface area contributed by atoms with Crippen molar-refractivity contribution in [3.05, 3.63) is 81.1 Å². The van der Waals surface area contributed by atoms with Crippen molar-refractivity contribution in [2.45, 2.75) is 6.92 Å². The summed E-state index contributed by atoms with van der Waals surface area (Å²) in [6, 6.07) is 16.3. The second-order valence-corrected chi connectivity index (χ2v) is 5.88. The number of fused-ring (bicyclic) bond motifs is 1. The molecule has 26 heavy (non-hydrogen) atoms. The summed E-state index contributed by atoms with van der Waals surface area (Å²) in [4.78, 5) is 29.4. The molecule has 0 spiro atoms. The molecule has 0 saturated carbocycles. The maximum atomic E-state index is 12.9. The van der Waals surface area contributed by atoms with E-state index in [9.17, 15) is 9.59 Å². The Bertz CT molecular complexity index is 1220. The van der Waals surface area contributed by atoms with Crippen molar-refractivity contribution in [1.82, 2.24) is 14.3 Å². The maximum Gasteiger partial charge on any atom is 0.379 e. The molecule has 4 rings (SSSR count). The summed E-state index contributed by atoms with van der Waals surface area (Å²) < 4.78 is 8.52. The molecule has 0 aliphatic heterocycles. The first-order valence-electron chi connectivity index (χ1n) is 8.07. The smallest absolute Gasteiger partial charge is 0.379 e. The van der Waals surface area contributed by atoms with Gasteiger partial charge in [0.15, 0.2) is 5.58 Å². The second-order valence-electron chi connectivity index (χ2n) is 5.88. The van der Waals surface area contributed by atoms with Crippen LogP contribution in [0.1, 0.15) is 5.69 Å². The normalized spacial score (nSPS) is 11.0. The van der Waals surface area contributed by atoms with Crippen LogP contribution in [-0.2, 0) is 7.05 Å². The summed E-state index contributed by atoms with van der Waals surface area (Å²) in [7, 11) is 1.78. The SMILES string of the molecule is Cc1c(Nc2nc3ccccc3oc2=O)c(=O)n(-c2ccccc2)n1C. The fourth-order valence-corrected chi connectivity index (χ4v) is 2.86. The van der Waals surface area contributed by atoms with Crippen molar-refractivity contribution < 1.29 is 4.42 Å². The molecule has 2 heterocycles. The van der Waals surface area contributed by atoms with Gasteiger partial charge < -0.3 is 9.73 Å². The molecule has 0 bridgehead atoms. The molecule has 130 valence electrons. The van der Waals surface area contributed by atoms with E-state index in [1.54, 1.807) is 42.9 Å². The Labute approximate surface area is 148 Å². The van der Waals surface area contributed by atoms with Gasteiger partial charge in [0.05, 0.1) is 11.4 Å². The summed E-state index contributed by atoms with van der Waals surface area (Å²) in [5, 5.41) is 2.86. The number of aromatic nitrogens is 3. The van der Waals surface area contributed by atoms with Crippen molar-refractivity contribution in [1.29, 1.82) is 0 Å². The molecule has 7 heteroatoms. The van der Waals surface area contributed by atoms with E-state index in [0.29, 0.717) is 16.8 Å². The zero-order valence-corrected chi connectivity index (χ0v) is 14.3. The quantitative estimate of drug-likeness (QED) is 0.616. The summed E-state index contributed by atoms with van der Waals surface area (Å²) >= 11 is 0. The van der Waals surface area contributed by atoms with Crippen LogP contribution in [0.25, 0.3) is 16.8 Å². The third-order valence-electron chi connectivity index (χ3n) is 4.29. The predicted octanol–water partition coefficient (Wildman–Crippen LogP) is 2.73. The minimum Gasteiger partial charge on any atom is -0.418 e. The average Bonchev–Trinajstić information content (AvgIpc) is 2.86. The topological polar surface area (TPSA) is 82.1 Å². The number of hydrogen-bond acceptors (Lipinski definition) is 5. The van der Waals surface area contributed by atoms with Crippen LogP contribution in [0, 0.1) is 6.92 Å². The molecule has 7 nitrogen and oxygen atoms in total. The zero-order valence-electron chi connectivity index (χ0n) is 14.3. The number of rotatable bonds is 3. The lowest BCUT2D eigenvalue weighted by Crippen LogP contribution is -2.21. The van der Waals surface area contributed by atoms with E-state index in [1.165, 1.54) is 4.68 Å². The predicted molar refractivity (Wildman–Crippen MR) is 99.3 cm³/mol. The summed E-state index contributed by atoms with van der Waals surface area (Å²) in [6.45, 7) is 1.80. The molecule has 0 radical (unpaired) electrons. The number of para-hydroxylation sites is 3. The van der Waals surface area contributed by atoms with Crippen LogP contribution in [0.5, 0.6) is 0 Å². The van der Waals surface area contributed by atoms with Crippen LogP contribution in [0.4, 0.5) is 11.5 Å². The average molecular weight is 348 g/mol. The molecule has 0 atom stereocenters. The third-order valence-corrected chi connectivity index (χ3v) is 4.29. The number of hydrogen-bond donors (Lipinski definition) is 1. The van der Waals surface area contributed by atoms with Gasteiger partial charge in [0.2, 0.25) is 5.82 Å². The fraction of sp³-hybridized carbons (Fsp3) is 0.105. The largest absolute Gasteiger partial charge is 0.418 e. The molecule has 2 aromatic carbocycles. The first kappa shape index (κ1) is 15.9. The van der Waals surface area contributed by atoms with Gasteiger partial charge in [0.1, 0.15) is 11.2 Å². The highest BCUT2D eigenvalue weighted by atomic mass is 16.4. The van der Waals surface area contributed by atoms with Crippen LogP contribution in [0.2, 0.25) is 0 Å². The molecule has 0 amide bonds. The molecular weight excluding hydrogens is 332 g/mol. The first-order valence-corrected chi connectivity index (χ1v) is 8.07. The number of benzene rings is 2. The summed E-state index contributed by atoms with van der Waals surface area (Å²) in [5.41, 5.74) is 1.72. The Morgan fingerprint density at radius 2 is 1.69 bits per heavy atom. The van der Waals surface area contributed by atoms with E-state index < -0.39 is 5.63 Å². The number of nitrogens with one attached hydrogen (secondary N) is 1. The second kappa shape index (κ2) is 6.03. The van der Waals surface area contributed by atoms with Crippen LogP contribution in [0.3, 0.4) is 0 Å². The van der Waals surface area contributed by atoms with E-state index >= 15 is 0 Å². The number of anilines is 2. The van der Waals surface area contributed by atoms with Gasteiger partial charge in [-0.1, -0.05) is 30.3 Å². The van der Waals surface area contributed by atoms with Gasteiger partial charge in [-0.05, 0) is 31.2 Å². The standard InChI is InChI=1S/C19H16N4O3/c1-12-16(18(24)23(22(12)2)13-8-4-3-5-9-13)21-17-19(25)26-15-11-7-6-10-14(15)20-17/h3-11H,1-2H3,(H,20,21). The van der Waals surface area contributed by atoms with Crippen LogP contribution in [0.15, 0.2) is 68.6 Å².